The minimum absolute atomic E-state index is 0.198. The van der Waals surface area contributed by atoms with Crippen molar-refractivity contribution in [2.75, 3.05) is 13.1 Å². The van der Waals surface area contributed by atoms with E-state index >= 15 is 0 Å². The monoisotopic (exact) mass is 194 g/mol. The van der Waals surface area contributed by atoms with Crippen LogP contribution in [0, 0.1) is 17.2 Å². The maximum absolute atomic E-state index is 9.86. The average Bonchev–Trinajstić information content (AvgIpc) is 2.70. The summed E-state index contributed by atoms with van der Waals surface area (Å²) in [5, 5.41) is 18.8. The first kappa shape index (κ1) is 9.95. The molecule has 0 aromatic carbocycles. The molecule has 78 valence electrons. The Morgan fingerprint density at radius 3 is 2.86 bits per heavy atom. The number of hydrogen-bond acceptors (Lipinski definition) is 3. The highest BCUT2D eigenvalue weighted by Gasteiger charge is 2.39. The van der Waals surface area contributed by atoms with E-state index in [0.29, 0.717) is 6.04 Å². The van der Waals surface area contributed by atoms with Crippen molar-refractivity contribution in [2.24, 2.45) is 5.92 Å². The van der Waals surface area contributed by atoms with Crippen LogP contribution in [0.3, 0.4) is 0 Å². The molecule has 1 saturated heterocycles. The van der Waals surface area contributed by atoms with Crippen LogP contribution in [0.2, 0.25) is 0 Å². The van der Waals surface area contributed by atoms with E-state index in [0.717, 1.165) is 32.4 Å². The van der Waals surface area contributed by atoms with Gasteiger partial charge in [0.2, 0.25) is 0 Å². The minimum Gasteiger partial charge on any atom is -0.389 e. The minimum atomic E-state index is -0.525. The number of rotatable bonds is 1. The van der Waals surface area contributed by atoms with Gasteiger partial charge in [-0.2, -0.15) is 5.26 Å². The molecule has 14 heavy (non-hydrogen) atoms. The van der Waals surface area contributed by atoms with Crippen molar-refractivity contribution >= 4 is 0 Å². The number of β-amino-alcohol motifs (C(OH)–C–C–N with tert-alkyl or cyclic N) is 1. The van der Waals surface area contributed by atoms with Crippen molar-refractivity contribution in [1.29, 1.82) is 5.26 Å². The van der Waals surface area contributed by atoms with Crippen LogP contribution < -0.4 is 0 Å². The fraction of sp³-hybridized carbons (Fsp3) is 0.909. The van der Waals surface area contributed by atoms with Crippen LogP contribution in [0.25, 0.3) is 0 Å². The first-order valence-electron chi connectivity index (χ1n) is 5.48. The maximum Gasteiger partial charge on any atom is 0.0758 e. The van der Waals surface area contributed by atoms with Gasteiger partial charge < -0.3 is 5.11 Å². The van der Waals surface area contributed by atoms with E-state index < -0.39 is 5.60 Å². The van der Waals surface area contributed by atoms with Crippen LogP contribution in [-0.4, -0.2) is 34.7 Å². The quantitative estimate of drug-likeness (QED) is 0.681. The molecular weight excluding hydrogens is 176 g/mol. The van der Waals surface area contributed by atoms with Crippen LogP contribution >= 0.6 is 0 Å². The highest BCUT2D eigenvalue weighted by Crippen LogP contribution is 2.33. The average molecular weight is 194 g/mol. The topological polar surface area (TPSA) is 47.3 Å². The molecule has 1 N–H and O–H groups in total. The Kier molecular flexibility index (Phi) is 2.50. The number of nitriles is 1. The third-order valence-electron chi connectivity index (χ3n) is 3.60. The van der Waals surface area contributed by atoms with Gasteiger partial charge in [-0.25, -0.2) is 0 Å². The molecule has 0 aromatic rings. The highest BCUT2D eigenvalue weighted by atomic mass is 16.3. The van der Waals surface area contributed by atoms with Gasteiger partial charge in [0.15, 0.2) is 0 Å². The van der Waals surface area contributed by atoms with E-state index in [1.54, 1.807) is 0 Å². The summed E-state index contributed by atoms with van der Waals surface area (Å²) in [7, 11) is 0. The molecule has 2 aliphatic rings. The fourth-order valence-corrected chi connectivity index (χ4v) is 2.79. The lowest BCUT2D eigenvalue weighted by molar-refractivity contribution is 0.0604. The summed E-state index contributed by atoms with van der Waals surface area (Å²) >= 11 is 0. The first-order chi connectivity index (χ1) is 6.62. The summed E-state index contributed by atoms with van der Waals surface area (Å²) < 4.78 is 0. The molecule has 0 amide bonds. The number of nitrogens with zero attached hydrogens (tertiary/aromatic N) is 2. The molecule has 1 aliphatic carbocycles. The van der Waals surface area contributed by atoms with Gasteiger partial charge in [-0.3, -0.25) is 4.90 Å². The van der Waals surface area contributed by atoms with Crippen LogP contribution in [0.4, 0.5) is 0 Å². The maximum atomic E-state index is 9.86. The van der Waals surface area contributed by atoms with E-state index in [1.807, 2.05) is 6.92 Å². The van der Waals surface area contributed by atoms with Gasteiger partial charge in [0, 0.05) is 19.1 Å². The van der Waals surface area contributed by atoms with Gasteiger partial charge in [0.25, 0.3) is 0 Å². The zero-order chi connectivity index (χ0) is 10.2. The Labute approximate surface area is 85.3 Å². The number of likely N-dealkylation sites (tertiary alicyclic amines) is 1. The second-order valence-electron chi connectivity index (χ2n) is 4.95. The molecule has 0 spiro atoms. The molecule has 2 fully saturated rings. The summed E-state index contributed by atoms with van der Waals surface area (Å²) in [4.78, 5) is 2.31. The van der Waals surface area contributed by atoms with Crippen LogP contribution in [0.1, 0.15) is 32.6 Å². The van der Waals surface area contributed by atoms with Crippen LogP contribution in [0.5, 0.6) is 0 Å². The lowest BCUT2D eigenvalue weighted by Gasteiger charge is -2.27. The summed E-state index contributed by atoms with van der Waals surface area (Å²) in [5.41, 5.74) is -0.525. The normalized spacial score (nSPS) is 44.1. The van der Waals surface area contributed by atoms with E-state index in [9.17, 15) is 5.11 Å². The summed E-state index contributed by atoms with van der Waals surface area (Å²) in [6, 6.07) is 2.81. The first-order valence-corrected chi connectivity index (χ1v) is 5.48. The van der Waals surface area contributed by atoms with Gasteiger partial charge in [0.05, 0.1) is 17.6 Å². The standard InChI is InChI=1S/C11H18N2O/c1-11(14)5-6-13(8-11)10-4-2-3-9(10)7-12/h9-10,14H,2-6,8H2,1H3. The third-order valence-corrected chi connectivity index (χ3v) is 3.60. The molecule has 1 heterocycles. The van der Waals surface area contributed by atoms with Crippen LogP contribution in [-0.2, 0) is 0 Å². The molecule has 0 radical (unpaired) electrons. The smallest absolute Gasteiger partial charge is 0.0758 e. The fourth-order valence-electron chi connectivity index (χ4n) is 2.79. The molecule has 1 aliphatic heterocycles. The second kappa shape index (κ2) is 3.52. The van der Waals surface area contributed by atoms with Gasteiger partial charge in [-0.15, -0.1) is 0 Å². The van der Waals surface area contributed by atoms with Gasteiger partial charge >= 0.3 is 0 Å². The predicted molar refractivity (Wildman–Crippen MR) is 53.6 cm³/mol. The lowest BCUT2D eigenvalue weighted by atomic mass is 10.0. The Morgan fingerprint density at radius 1 is 1.50 bits per heavy atom. The van der Waals surface area contributed by atoms with Gasteiger partial charge in [-0.1, -0.05) is 6.42 Å². The highest BCUT2D eigenvalue weighted by molar-refractivity contribution is 5.00. The number of aliphatic hydroxyl groups is 1. The molecule has 1 saturated carbocycles. The molecule has 3 heteroatoms. The molecule has 0 aromatic heterocycles. The van der Waals surface area contributed by atoms with Crippen molar-refractivity contribution < 1.29 is 5.11 Å². The van der Waals surface area contributed by atoms with E-state index in [4.69, 9.17) is 5.26 Å². The molecule has 3 atom stereocenters. The summed E-state index contributed by atoms with van der Waals surface area (Å²) in [5.74, 6) is 0.198. The van der Waals surface area contributed by atoms with Crippen molar-refractivity contribution in [3.05, 3.63) is 0 Å². The van der Waals surface area contributed by atoms with Crippen LogP contribution in [0.15, 0.2) is 0 Å². The van der Waals surface area contributed by atoms with E-state index in [1.165, 1.54) is 6.42 Å². The molecule has 3 nitrogen and oxygen atoms in total. The Bertz CT molecular complexity index is 257. The second-order valence-corrected chi connectivity index (χ2v) is 4.95. The zero-order valence-corrected chi connectivity index (χ0v) is 8.74. The summed E-state index contributed by atoms with van der Waals surface area (Å²) in [6.45, 7) is 3.59. The Hall–Kier alpha value is -0.590. The molecule has 2 rings (SSSR count). The molecule has 3 unspecified atom stereocenters. The van der Waals surface area contributed by atoms with Crippen molar-refractivity contribution in [3.63, 3.8) is 0 Å². The van der Waals surface area contributed by atoms with Crippen molar-refractivity contribution in [3.8, 4) is 6.07 Å². The lowest BCUT2D eigenvalue weighted by Crippen LogP contribution is -2.38. The van der Waals surface area contributed by atoms with E-state index in [-0.39, 0.29) is 5.92 Å². The van der Waals surface area contributed by atoms with Crippen molar-refractivity contribution in [1.82, 2.24) is 4.90 Å². The van der Waals surface area contributed by atoms with Gasteiger partial charge in [0.1, 0.15) is 0 Å². The number of hydrogen-bond donors (Lipinski definition) is 1. The Balaban J connectivity index is 2.00. The largest absolute Gasteiger partial charge is 0.389 e. The van der Waals surface area contributed by atoms with Crippen molar-refractivity contribution in [2.45, 2.75) is 44.2 Å². The molecular formula is C11H18N2O. The predicted octanol–water partition coefficient (Wildman–Crippen LogP) is 1.14. The zero-order valence-electron chi connectivity index (χ0n) is 8.74. The molecule has 0 bridgehead atoms. The Morgan fingerprint density at radius 2 is 2.29 bits per heavy atom. The summed E-state index contributed by atoms with van der Waals surface area (Å²) in [6.07, 6.45) is 4.19. The van der Waals surface area contributed by atoms with E-state index in [2.05, 4.69) is 11.0 Å². The third kappa shape index (κ3) is 1.77. The SMILES string of the molecule is CC1(O)CCN(C2CCCC2C#N)C1. The van der Waals surface area contributed by atoms with Gasteiger partial charge in [-0.05, 0) is 26.2 Å².